The van der Waals surface area contributed by atoms with Crippen LogP contribution in [0.2, 0.25) is 0 Å². The first-order valence-electron chi connectivity index (χ1n) is 10.00. The van der Waals surface area contributed by atoms with E-state index in [2.05, 4.69) is 35.6 Å². The van der Waals surface area contributed by atoms with E-state index in [-0.39, 0.29) is 0 Å². The Morgan fingerprint density at radius 3 is 2.55 bits per heavy atom. The molecule has 2 rings (SSSR count). The maximum atomic E-state index is 12.6. The number of hydrogen-bond donors (Lipinski definition) is 2. The summed E-state index contributed by atoms with van der Waals surface area (Å²) in [6.45, 7) is 11.0. The van der Waals surface area contributed by atoms with Crippen molar-refractivity contribution in [2.45, 2.75) is 51.9 Å². The molecular formula is C22H31F3N4. The quantitative estimate of drug-likeness (QED) is 0.561. The lowest BCUT2D eigenvalue weighted by Gasteiger charge is -2.27. The molecule has 1 aromatic rings. The van der Waals surface area contributed by atoms with E-state index in [1.165, 1.54) is 23.3 Å². The van der Waals surface area contributed by atoms with Crippen molar-refractivity contribution in [3.05, 3.63) is 58.9 Å². The van der Waals surface area contributed by atoms with E-state index in [1.54, 1.807) is 0 Å². The van der Waals surface area contributed by atoms with Gasteiger partial charge in [0.15, 0.2) is 0 Å². The number of halogens is 3. The first kappa shape index (κ1) is 23.2. The SMILES string of the molecule is C=C(/N=C\C1=C(C)CN(C(CCC)CCN)C1)NCc1ccc(C(F)(F)F)cc1. The number of rotatable bonds is 10. The van der Waals surface area contributed by atoms with Crippen LogP contribution in [-0.4, -0.2) is 36.8 Å². The van der Waals surface area contributed by atoms with Gasteiger partial charge in [0.2, 0.25) is 0 Å². The lowest BCUT2D eigenvalue weighted by Crippen LogP contribution is -2.35. The highest BCUT2D eigenvalue weighted by atomic mass is 19.4. The van der Waals surface area contributed by atoms with Gasteiger partial charge in [0.25, 0.3) is 0 Å². The second kappa shape index (κ2) is 10.6. The Bertz CT molecular complexity index is 729. The summed E-state index contributed by atoms with van der Waals surface area (Å²) in [5.74, 6) is 0.482. The average molecular weight is 409 g/mol. The fourth-order valence-electron chi connectivity index (χ4n) is 3.48. The normalized spacial score (nSPS) is 16.6. The van der Waals surface area contributed by atoms with Gasteiger partial charge in [-0.1, -0.05) is 37.6 Å². The van der Waals surface area contributed by atoms with Gasteiger partial charge in [-0.3, -0.25) is 4.90 Å². The number of aliphatic imine (C=N–C) groups is 1. The highest BCUT2D eigenvalue weighted by Gasteiger charge is 2.29. The summed E-state index contributed by atoms with van der Waals surface area (Å²) in [6, 6.07) is 5.57. The molecule has 0 bridgehead atoms. The molecule has 7 heteroatoms. The zero-order valence-corrected chi connectivity index (χ0v) is 17.2. The van der Waals surface area contributed by atoms with Crippen LogP contribution in [0.4, 0.5) is 13.2 Å². The molecule has 160 valence electrons. The number of nitrogens with two attached hydrogens (primary N) is 1. The van der Waals surface area contributed by atoms with Crippen molar-refractivity contribution in [3.8, 4) is 0 Å². The molecule has 4 nitrogen and oxygen atoms in total. The summed E-state index contributed by atoms with van der Waals surface area (Å²) in [4.78, 5) is 6.84. The Balaban J connectivity index is 1.86. The highest BCUT2D eigenvalue weighted by molar-refractivity contribution is 5.81. The molecule has 1 atom stereocenters. The zero-order chi connectivity index (χ0) is 21.4. The molecule has 0 aromatic heterocycles. The molecule has 0 saturated heterocycles. The molecule has 1 unspecified atom stereocenters. The lowest BCUT2D eigenvalue weighted by molar-refractivity contribution is -0.137. The molecule has 0 amide bonds. The topological polar surface area (TPSA) is 53.6 Å². The van der Waals surface area contributed by atoms with Crippen LogP contribution in [0.1, 0.15) is 44.2 Å². The standard InChI is InChI=1S/C22H31F3N4/c1-4-5-21(10-11-26)29-14-16(2)19(15-29)13-28-17(3)27-12-18-6-8-20(9-7-18)22(23,24)25/h6-9,13,21,27H,3-5,10-12,14-15,26H2,1-2H3/b28-13-. The Morgan fingerprint density at radius 1 is 1.28 bits per heavy atom. The lowest BCUT2D eigenvalue weighted by atomic mass is 10.1. The van der Waals surface area contributed by atoms with Gasteiger partial charge in [0.1, 0.15) is 5.82 Å². The van der Waals surface area contributed by atoms with E-state index in [1.807, 2.05) is 6.21 Å². The fourth-order valence-corrected chi connectivity index (χ4v) is 3.48. The molecule has 3 N–H and O–H groups in total. The Hall–Kier alpha value is -2.12. The molecule has 1 aliphatic heterocycles. The summed E-state index contributed by atoms with van der Waals surface area (Å²) in [7, 11) is 0. The van der Waals surface area contributed by atoms with Gasteiger partial charge in [-0.15, -0.1) is 0 Å². The van der Waals surface area contributed by atoms with Crippen LogP contribution in [0, 0.1) is 0 Å². The molecule has 0 fully saturated rings. The first-order chi connectivity index (χ1) is 13.7. The molecular weight excluding hydrogens is 377 g/mol. The van der Waals surface area contributed by atoms with Gasteiger partial charge in [-0.2, -0.15) is 13.2 Å². The van der Waals surface area contributed by atoms with Crippen LogP contribution >= 0.6 is 0 Å². The summed E-state index contributed by atoms with van der Waals surface area (Å²) in [5, 5.41) is 3.04. The third kappa shape index (κ3) is 7.01. The van der Waals surface area contributed by atoms with Gasteiger partial charge >= 0.3 is 6.18 Å². The number of benzene rings is 1. The monoisotopic (exact) mass is 408 g/mol. The minimum Gasteiger partial charge on any atom is -0.366 e. The molecule has 29 heavy (non-hydrogen) atoms. The van der Waals surface area contributed by atoms with Crippen LogP contribution in [0.3, 0.4) is 0 Å². The molecule has 1 aromatic carbocycles. The van der Waals surface area contributed by atoms with Gasteiger partial charge in [-0.25, -0.2) is 4.99 Å². The minimum atomic E-state index is -4.32. The highest BCUT2D eigenvalue weighted by Crippen LogP contribution is 2.29. The summed E-state index contributed by atoms with van der Waals surface area (Å²) < 4.78 is 37.8. The van der Waals surface area contributed by atoms with Crippen molar-refractivity contribution < 1.29 is 13.2 Å². The van der Waals surface area contributed by atoms with Crippen molar-refractivity contribution in [1.29, 1.82) is 0 Å². The average Bonchev–Trinajstić information content (AvgIpc) is 3.05. The Morgan fingerprint density at radius 2 is 1.97 bits per heavy atom. The van der Waals surface area contributed by atoms with Crippen molar-refractivity contribution in [2.24, 2.45) is 10.7 Å². The second-order valence-electron chi connectivity index (χ2n) is 7.48. The molecule has 0 radical (unpaired) electrons. The van der Waals surface area contributed by atoms with E-state index in [4.69, 9.17) is 5.73 Å². The van der Waals surface area contributed by atoms with E-state index >= 15 is 0 Å². The minimum absolute atomic E-state index is 0.369. The van der Waals surface area contributed by atoms with E-state index in [0.29, 0.717) is 25.0 Å². The van der Waals surface area contributed by atoms with Gasteiger partial charge < -0.3 is 11.1 Å². The predicted octanol–water partition coefficient (Wildman–Crippen LogP) is 4.49. The number of nitrogens with one attached hydrogen (secondary N) is 1. The number of hydrogen-bond acceptors (Lipinski definition) is 4. The summed E-state index contributed by atoms with van der Waals surface area (Å²) in [5.41, 5.74) is 8.33. The van der Waals surface area contributed by atoms with Crippen LogP contribution in [0.25, 0.3) is 0 Å². The van der Waals surface area contributed by atoms with Gasteiger partial charge in [0, 0.05) is 31.9 Å². The molecule has 0 spiro atoms. The predicted molar refractivity (Wildman–Crippen MR) is 113 cm³/mol. The van der Waals surface area contributed by atoms with Crippen LogP contribution in [0.15, 0.2) is 52.8 Å². The van der Waals surface area contributed by atoms with Crippen LogP contribution in [-0.2, 0) is 12.7 Å². The van der Waals surface area contributed by atoms with E-state index < -0.39 is 11.7 Å². The summed E-state index contributed by atoms with van der Waals surface area (Å²) >= 11 is 0. The van der Waals surface area contributed by atoms with Crippen molar-refractivity contribution in [1.82, 2.24) is 10.2 Å². The van der Waals surface area contributed by atoms with Crippen molar-refractivity contribution in [2.75, 3.05) is 19.6 Å². The molecule has 1 aliphatic rings. The fraction of sp³-hybridized carbons (Fsp3) is 0.500. The maximum Gasteiger partial charge on any atom is 0.416 e. The first-order valence-corrected chi connectivity index (χ1v) is 10.00. The third-order valence-corrected chi connectivity index (χ3v) is 5.15. The number of nitrogens with zero attached hydrogens (tertiary/aromatic N) is 2. The smallest absolute Gasteiger partial charge is 0.366 e. The second-order valence-corrected chi connectivity index (χ2v) is 7.48. The van der Waals surface area contributed by atoms with E-state index in [9.17, 15) is 13.2 Å². The maximum absolute atomic E-state index is 12.6. The van der Waals surface area contributed by atoms with Crippen molar-refractivity contribution in [3.63, 3.8) is 0 Å². The Labute approximate surface area is 171 Å². The number of alkyl halides is 3. The zero-order valence-electron chi connectivity index (χ0n) is 17.2. The largest absolute Gasteiger partial charge is 0.416 e. The van der Waals surface area contributed by atoms with Crippen LogP contribution in [0.5, 0.6) is 0 Å². The van der Waals surface area contributed by atoms with E-state index in [0.717, 1.165) is 50.0 Å². The van der Waals surface area contributed by atoms with Crippen molar-refractivity contribution >= 4 is 6.21 Å². The molecule has 0 aliphatic carbocycles. The Kier molecular flexibility index (Phi) is 8.46. The van der Waals surface area contributed by atoms with Gasteiger partial charge in [-0.05, 0) is 49.6 Å². The molecule has 1 heterocycles. The molecule has 0 saturated carbocycles. The third-order valence-electron chi connectivity index (χ3n) is 5.15. The van der Waals surface area contributed by atoms with Gasteiger partial charge in [0.05, 0.1) is 5.56 Å². The summed E-state index contributed by atoms with van der Waals surface area (Å²) in [6.07, 6.45) is 0.779. The van der Waals surface area contributed by atoms with Crippen LogP contribution < -0.4 is 11.1 Å².